The first-order valence-corrected chi connectivity index (χ1v) is 8.81. The Bertz CT molecular complexity index is 481. The van der Waals surface area contributed by atoms with E-state index in [9.17, 15) is 9.50 Å². The van der Waals surface area contributed by atoms with Crippen molar-refractivity contribution in [2.75, 3.05) is 32.9 Å². The number of phenols is 1. The molecule has 2 N–H and O–H groups in total. The molecular formula is C13H16Br3FN2O. The van der Waals surface area contributed by atoms with Crippen molar-refractivity contribution < 1.29 is 9.50 Å². The molecule has 0 bridgehead atoms. The van der Waals surface area contributed by atoms with E-state index in [1.165, 1.54) is 0 Å². The van der Waals surface area contributed by atoms with Gasteiger partial charge < -0.3 is 10.4 Å². The summed E-state index contributed by atoms with van der Waals surface area (Å²) in [7, 11) is 0. The van der Waals surface area contributed by atoms with Crippen molar-refractivity contribution >= 4 is 47.8 Å². The molecule has 1 fully saturated rings. The molecule has 0 aromatic heterocycles. The summed E-state index contributed by atoms with van der Waals surface area (Å²) in [6.07, 6.45) is 0.415. The lowest BCUT2D eigenvalue weighted by Gasteiger charge is -2.36. The van der Waals surface area contributed by atoms with Crippen LogP contribution in [0.3, 0.4) is 0 Å². The lowest BCUT2D eigenvalue weighted by molar-refractivity contribution is 0.156. The van der Waals surface area contributed by atoms with E-state index in [1.807, 2.05) is 6.07 Å². The van der Waals surface area contributed by atoms with E-state index >= 15 is 0 Å². The van der Waals surface area contributed by atoms with Crippen LogP contribution in [-0.2, 0) is 0 Å². The van der Waals surface area contributed by atoms with Gasteiger partial charge in [0.05, 0.1) is 15.6 Å². The van der Waals surface area contributed by atoms with Crippen LogP contribution < -0.4 is 5.32 Å². The molecule has 1 aromatic rings. The van der Waals surface area contributed by atoms with Gasteiger partial charge in [-0.05, 0) is 44.3 Å². The van der Waals surface area contributed by atoms with Crippen molar-refractivity contribution in [1.82, 2.24) is 10.2 Å². The average Bonchev–Trinajstić information content (AvgIpc) is 2.45. The van der Waals surface area contributed by atoms with Crippen molar-refractivity contribution in [1.29, 1.82) is 0 Å². The molecule has 0 spiro atoms. The third-order valence-corrected chi connectivity index (χ3v) is 5.55. The summed E-state index contributed by atoms with van der Waals surface area (Å²) in [5, 5.41) is 13.4. The van der Waals surface area contributed by atoms with Gasteiger partial charge in [-0.15, -0.1) is 0 Å². The van der Waals surface area contributed by atoms with Gasteiger partial charge in [0.25, 0.3) is 0 Å². The monoisotopic (exact) mass is 472 g/mol. The molecule has 1 heterocycles. The van der Waals surface area contributed by atoms with Crippen LogP contribution in [0.5, 0.6) is 5.75 Å². The van der Waals surface area contributed by atoms with Gasteiger partial charge in [-0.25, -0.2) is 0 Å². The van der Waals surface area contributed by atoms with Crippen LogP contribution >= 0.6 is 47.8 Å². The fraction of sp³-hybridized carbons (Fsp3) is 0.538. The molecule has 0 saturated carbocycles. The first-order valence-electron chi connectivity index (χ1n) is 6.43. The maximum atomic E-state index is 13.0. The smallest absolute Gasteiger partial charge is 0.144 e. The van der Waals surface area contributed by atoms with E-state index in [1.54, 1.807) is 0 Å². The van der Waals surface area contributed by atoms with Crippen LogP contribution in [0.15, 0.2) is 19.5 Å². The Hall–Kier alpha value is 0.310. The fourth-order valence-corrected chi connectivity index (χ4v) is 5.16. The Morgan fingerprint density at radius 3 is 2.50 bits per heavy atom. The molecule has 0 radical (unpaired) electrons. The third-order valence-electron chi connectivity index (χ3n) is 3.49. The molecule has 7 heteroatoms. The Labute approximate surface area is 143 Å². The van der Waals surface area contributed by atoms with Crippen molar-refractivity contribution in [3.05, 3.63) is 25.0 Å². The van der Waals surface area contributed by atoms with Gasteiger partial charge in [-0.3, -0.25) is 9.29 Å². The van der Waals surface area contributed by atoms with Gasteiger partial charge >= 0.3 is 0 Å². The van der Waals surface area contributed by atoms with E-state index in [-0.39, 0.29) is 18.5 Å². The van der Waals surface area contributed by atoms with Gasteiger partial charge in [0.1, 0.15) is 5.75 Å². The number of halogens is 4. The average molecular weight is 475 g/mol. The number of hydrogen-bond donors (Lipinski definition) is 2. The van der Waals surface area contributed by atoms with Crippen LogP contribution in [0.2, 0.25) is 0 Å². The van der Waals surface area contributed by atoms with E-state index in [2.05, 4.69) is 58.0 Å². The second kappa shape index (κ2) is 7.54. The molecule has 3 nitrogen and oxygen atoms in total. The lowest BCUT2D eigenvalue weighted by Crippen LogP contribution is -2.45. The van der Waals surface area contributed by atoms with Crippen LogP contribution in [-0.4, -0.2) is 42.9 Å². The van der Waals surface area contributed by atoms with Crippen molar-refractivity contribution in [3.8, 4) is 5.75 Å². The first-order chi connectivity index (χ1) is 9.56. The number of benzene rings is 1. The highest BCUT2D eigenvalue weighted by Gasteiger charge is 2.27. The summed E-state index contributed by atoms with van der Waals surface area (Å²) in [6.45, 7) is 3.17. The van der Waals surface area contributed by atoms with Crippen molar-refractivity contribution in [2.24, 2.45) is 0 Å². The van der Waals surface area contributed by atoms with Crippen molar-refractivity contribution in [3.63, 3.8) is 0 Å². The molecule has 1 atom stereocenters. The zero-order chi connectivity index (χ0) is 14.7. The molecule has 1 saturated heterocycles. The minimum atomic E-state index is -0.385. The maximum Gasteiger partial charge on any atom is 0.144 e. The zero-order valence-electron chi connectivity index (χ0n) is 10.8. The van der Waals surface area contributed by atoms with Crippen LogP contribution in [0.1, 0.15) is 18.0 Å². The third kappa shape index (κ3) is 3.55. The standard InChI is InChI=1S/C13H16Br3FN2O/c14-8-7-9(15)13(20)12(16)11(8)10(1-2-17)19-5-3-18-4-6-19/h7,10,18,20H,1-6H2/t10-/m0/s1. The summed E-state index contributed by atoms with van der Waals surface area (Å²) < 4.78 is 15.1. The minimum absolute atomic E-state index is 0.0511. The predicted octanol–water partition coefficient (Wildman–Crippen LogP) is 3.99. The van der Waals surface area contributed by atoms with Gasteiger partial charge in [-0.1, -0.05) is 15.9 Å². The van der Waals surface area contributed by atoms with Gasteiger partial charge in [-0.2, -0.15) is 0 Å². The van der Waals surface area contributed by atoms with Crippen LogP contribution in [0, 0.1) is 0 Å². The molecule has 0 aliphatic carbocycles. The lowest BCUT2D eigenvalue weighted by atomic mass is 10.0. The number of nitrogens with one attached hydrogen (secondary N) is 1. The van der Waals surface area contributed by atoms with Gasteiger partial charge in [0.2, 0.25) is 0 Å². The number of phenolic OH excluding ortho intramolecular Hbond substituents is 1. The van der Waals surface area contributed by atoms with E-state index in [0.29, 0.717) is 15.4 Å². The molecule has 112 valence electrons. The maximum absolute atomic E-state index is 13.0. The highest BCUT2D eigenvalue weighted by atomic mass is 79.9. The number of aromatic hydroxyl groups is 1. The highest BCUT2D eigenvalue weighted by Crippen LogP contribution is 2.44. The normalized spacial score (nSPS) is 18.2. The van der Waals surface area contributed by atoms with E-state index in [4.69, 9.17) is 0 Å². The number of rotatable bonds is 4. The topological polar surface area (TPSA) is 35.5 Å². The number of hydrogen-bond acceptors (Lipinski definition) is 3. The number of alkyl halides is 1. The Kier molecular flexibility index (Phi) is 6.28. The Morgan fingerprint density at radius 1 is 1.25 bits per heavy atom. The summed E-state index contributed by atoms with van der Waals surface area (Å²) in [4.78, 5) is 2.26. The molecule has 0 amide bonds. The Morgan fingerprint density at radius 2 is 1.90 bits per heavy atom. The van der Waals surface area contributed by atoms with Crippen molar-refractivity contribution in [2.45, 2.75) is 12.5 Å². The Balaban J connectivity index is 2.40. The van der Waals surface area contributed by atoms with Gasteiger partial charge in [0, 0.05) is 42.3 Å². The molecular weight excluding hydrogens is 459 g/mol. The minimum Gasteiger partial charge on any atom is -0.506 e. The quantitative estimate of drug-likeness (QED) is 0.692. The molecule has 1 aliphatic rings. The molecule has 20 heavy (non-hydrogen) atoms. The SMILES string of the molecule is Oc1c(Br)cc(Br)c([C@H](CCF)N2CCNCC2)c1Br. The molecule has 1 aliphatic heterocycles. The molecule has 2 rings (SSSR count). The first kappa shape index (κ1) is 16.7. The predicted molar refractivity (Wildman–Crippen MR) is 89.0 cm³/mol. The molecule has 0 unspecified atom stereocenters. The van der Waals surface area contributed by atoms with Gasteiger partial charge in [0.15, 0.2) is 0 Å². The second-order valence-corrected chi connectivity index (χ2v) is 7.20. The number of piperazine rings is 1. The summed E-state index contributed by atoms with van der Waals surface area (Å²) >= 11 is 10.3. The zero-order valence-corrected chi connectivity index (χ0v) is 15.6. The summed E-state index contributed by atoms with van der Waals surface area (Å²) in [6, 6.07) is 1.76. The van der Waals surface area contributed by atoms with E-state index in [0.717, 1.165) is 36.2 Å². The number of nitrogens with zero attached hydrogens (tertiary/aromatic N) is 1. The van der Waals surface area contributed by atoms with Crippen LogP contribution in [0.25, 0.3) is 0 Å². The fourth-order valence-electron chi connectivity index (χ4n) is 2.51. The largest absolute Gasteiger partial charge is 0.506 e. The summed E-state index contributed by atoms with van der Waals surface area (Å²) in [5.74, 6) is 0.155. The highest BCUT2D eigenvalue weighted by molar-refractivity contribution is 9.11. The van der Waals surface area contributed by atoms with E-state index < -0.39 is 0 Å². The summed E-state index contributed by atoms with van der Waals surface area (Å²) in [5.41, 5.74) is 0.908. The molecule has 1 aromatic carbocycles. The second-order valence-electron chi connectivity index (χ2n) is 4.70. The van der Waals surface area contributed by atoms with Crippen LogP contribution in [0.4, 0.5) is 4.39 Å².